The van der Waals surface area contributed by atoms with Gasteiger partial charge in [-0.1, -0.05) is 19.1 Å². The summed E-state index contributed by atoms with van der Waals surface area (Å²) in [5.74, 6) is -0.434. The minimum atomic E-state index is -0.198. The Balaban J connectivity index is 2.00. The first-order chi connectivity index (χ1) is 8.20. The maximum absolute atomic E-state index is 12.3. The zero-order chi connectivity index (χ0) is 12.0. The summed E-state index contributed by atoms with van der Waals surface area (Å²) in [4.78, 5) is 29.9. The molecule has 1 aliphatic heterocycles. The Kier molecular flexibility index (Phi) is 2.36. The lowest BCUT2D eigenvalue weighted by molar-refractivity contribution is -0.122. The van der Waals surface area contributed by atoms with E-state index in [1.165, 1.54) is 16.2 Å². The zero-order valence-electron chi connectivity index (χ0n) is 9.37. The third kappa shape index (κ3) is 1.45. The molecule has 5 heteroatoms. The molecule has 1 saturated heterocycles. The minimum Gasteiger partial charge on any atom is -0.274 e. The molecule has 1 fully saturated rings. The largest absolute Gasteiger partial charge is 0.274 e. The molecule has 1 aromatic heterocycles. The number of rotatable bonds is 1. The molecular formula is C12H12N2O2S. The van der Waals surface area contributed by atoms with E-state index in [0.29, 0.717) is 11.6 Å². The van der Waals surface area contributed by atoms with Gasteiger partial charge in [0.15, 0.2) is 5.13 Å². The van der Waals surface area contributed by atoms with Crippen molar-refractivity contribution in [2.45, 2.75) is 13.3 Å². The molecule has 3 atom stereocenters. The Morgan fingerprint density at radius 3 is 2.88 bits per heavy atom. The Morgan fingerprint density at radius 2 is 2.24 bits per heavy atom. The molecule has 0 radical (unpaired) electrons. The van der Waals surface area contributed by atoms with Crippen LogP contribution >= 0.6 is 11.3 Å². The minimum absolute atomic E-state index is 0.0909. The van der Waals surface area contributed by atoms with Crippen LogP contribution < -0.4 is 4.90 Å². The Morgan fingerprint density at radius 1 is 1.41 bits per heavy atom. The number of hydrogen-bond acceptors (Lipinski definition) is 4. The number of aromatic nitrogens is 1. The molecule has 2 heterocycles. The van der Waals surface area contributed by atoms with Crippen LogP contribution in [-0.2, 0) is 9.59 Å². The molecule has 3 rings (SSSR count). The van der Waals surface area contributed by atoms with E-state index >= 15 is 0 Å². The first-order valence-electron chi connectivity index (χ1n) is 5.64. The number of nitrogens with zero attached hydrogens (tertiary/aromatic N) is 2. The molecule has 0 bridgehead atoms. The number of carbonyl (C=O) groups is 2. The summed E-state index contributed by atoms with van der Waals surface area (Å²) in [7, 11) is 0. The van der Waals surface area contributed by atoms with E-state index in [1.54, 1.807) is 11.6 Å². The molecule has 0 aromatic carbocycles. The maximum atomic E-state index is 12.3. The first-order valence-corrected chi connectivity index (χ1v) is 6.52. The molecular weight excluding hydrogens is 236 g/mol. The summed E-state index contributed by atoms with van der Waals surface area (Å²) in [6.07, 6.45) is 6.31. The van der Waals surface area contributed by atoms with Crippen molar-refractivity contribution < 1.29 is 9.59 Å². The van der Waals surface area contributed by atoms with Gasteiger partial charge in [0, 0.05) is 11.6 Å². The van der Waals surface area contributed by atoms with Gasteiger partial charge in [0.1, 0.15) is 0 Å². The summed E-state index contributed by atoms with van der Waals surface area (Å²) >= 11 is 1.33. The topological polar surface area (TPSA) is 50.3 Å². The first kappa shape index (κ1) is 10.7. The molecule has 17 heavy (non-hydrogen) atoms. The van der Waals surface area contributed by atoms with Crippen molar-refractivity contribution in [1.29, 1.82) is 0 Å². The van der Waals surface area contributed by atoms with Crippen LogP contribution in [-0.4, -0.2) is 16.8 Å². The van der Waals surface area contributed by atoms with Gasteiger partial charge in [-0.3, -0.25) is 9.59 Å². The normalized spacial score (nSPS) is 32.1. The van der Waals surface area contributed by atoms with Crippen LogP contribution in [0.25, 0.3) is 0 Å². The van der Waals surface area contributed by atoms with E-state index in [9.17, 15) is 9.59 Å². The number of carbonyl (C=O) groups excluding carboxylic acids is 2. The molecule has 2 aliphatic rings. The number of allylic oxidation sites excluding steroid dienone is 2. The van der Waals surface area contributed by atoms with E-state index in [4.69, 9.17) is 0 Å². The third-order valence-corrected chi connectivity index (χ3v) is 4.24. The van der Waals surface area contributed by atoms with Crippen LogP contribution in [0.5, 0.6) is 0 Å². The lowest BCUT2D eigenvalue weighted by Crippen LogP contribution is -2.31. The monoisotopic (exact) mass is 248 g/mol. The number of amides is 2. The van der Waals surface area contributed by atoms with Crippen LogP contribution in [0.15, 0.2) is 23.7 Å². The Hall–Kier alpha value is -1.49. The summed E-state index contributed by atoms with van der Waals surface area (Å²) < 4.78 is 0. The zero-order valence-corrected chi connectivity index (χ0v) is 10.2. The fourth-order valence-electron chi connectivity index (χ4n) is 2.66. The predicted octanol–water partition coefficient (Wildman–Crippen LogP) is 1.84. The highest BCUT2D eigenvalue weighted by Crippen LogP contribution is 2.40. The SMILES string of the molecule is C[C@@H]1C=CC[C@H]2C(=O)N(c3nccs3)C(=O)[C@H]12. The fraction of sp³-hybridized carbons (Fsp3) is 0.417. The second-order valence-corrected chi connectivity index (χ2v) is 5.35. The lowest BCUT2D eigenvalue weighted by Gasteiger charge is -2.22. The second-order valence-electron chi connectivity index (χ2n) is 4.48. The molecule has 0 unspecified atom stereocenters. The van der Waals surface area contributed by atoms with Gasteiger partial charge in [-0.25, -0.2) is 9.88 Å². The van der Waals surface area contributed by atoms with Gasteiger partial charge in [0.05, 0.1) is 11.8 Å². The Bertz CT molecular complexity index is 495. The van der Waals surface area contributed by atoms with Gasteiger partial charge in [-0.05, 0) is 12.3 Å². The van der Waals surface area contributed by atoms with Gasteiger partial charge in [0.25, 0.3) is 0 Å². The van der Waals surface area contributed by atoms with Crippen LogP contribution in [0.2, 0.25) is 0 Å². The summed E-state index contributed by atoms with van der Waals surface area (Å²) in [6, 6.07) is 0. The molecule has 1 aromatic rings. The van der Waals surface area contributed by atoms with Crippen molar-refractivity contribution >= 4 is 28.3 Å². The van der Waals surface area contributed by atoms with E-state index in [1.807, 2.05) is 19.1 Å². The van der Waals surface area contributed by atoms with Crippen LogP contribution in [0, 0.1) is 17.8 Å². The smallest absolute Gasteiger partial charge is 0.240 e. The quantitative estimate of drug-likeness (QED) is 0.563. The highest BCUT2D eigenvalue weighted by Gasteiger charge is 2.51. The van der Waals surface area contributed by atoms with Crippen molar-refractivity contribution in [3.63, 3.8) is 0 Å². The van der Waals surface area contributed by atoms with Crippen molar-refractivity contribution in [3.05, 3.63) is 23.7 Å². The van der Waals surface area contributed by atoms with Crippen molar-refractivity contribution in [2.24, 2.45) is 17.8 Å². The summed E-state index contributed by atoms with van der Waals surface area (Å²) in [6.45, 7) is 1.99. The molecule has 1 aliphatic carbocycles. The van der Waals surface area contributed by atoms with E-state index in [2.05, 4.69) is 4.98 Å². The molecule has 0 N–H and O–H groups in total. The predicted molar refractivity (Wildman–Crippen MR) is 64.5 cm³/mol. The molecule has 4 nitrogen and oxygen atoms in total. The van der Waals surface area contributed by atoms with Crippen LogP contribution in [0.3, 0.4) is 0 Å². The second kappa shape index (κ2) is 3.77. The molecule has 88 valence electrons. The van der Waals surface area contributed by atoms with Crippen LogP contribution in [0.4, 0.5) is 5.13 Å². The van der Waals surface area contributed by atoms with Gasteiger partial charge in [0.2, 0.25) is 11.8 Å². The molecule has 0 spiro atoms. The van der Waals surface area contributed by atoms with Gasteiger partial charge < -0.3 is 0 Å². The average molecular weight is 248 g/mol. The maximum Gasteiger partial charge on any atom is 0.240 e. The van der Waals surface area contributed by atoms with Crippen molar-refractivity contribution in [2.75, 3.05) is 4.90 Å². The Labute approximate surface area is 103 Å². The van der Waals surface area contributed by atoms with E-state index < -0.39 is 0 Å². The lowest BCUT2D eigenvalue weighted by atomic mass is 9.78. The van der Waals surface area contributed by atoms with Crippen LogP contribution in [0.1, 0.15) is 13.3 Å². The average Bonchev–Trinajstić information content (AvgIpc) is 2.88. The summed E-state index contributed by atoms with van der Waals surface area (Å²) in [5.41, 5.74) is 0. The third-order valence-electron chi connectivity index (χ3n) is 3.48. The van der Waals surface area contributed by atoms with E-state index in [-0.39, 0.29) is 29.6 Å². The van der Waals surface area contributed by atoms with Crippen molar-refractivity contribution in [1.82, 2.24) is 4.98 Å². The summed E-state index contributed by atoms with van der Waals surface area (Å²) in [5, 5.41) is 2.28. The number of hydrogen-bond donors (Lipinski definition) is 0. The number of thiazole rings is 1. The van der Waals surface area contributed by atoms with Gasteiger partial charge >= 0.3 is 0 Å². The van der Waals surface area contributed by atoms with Gasteiger partial charge in [-0.15, -0.1) is 11.3 Å². The molecule has 0 saturated carbocycles. The number of imide groups is 1. The van der Waals surface area contributed by atoms with Gasteiger partial charge in [-0.2, -0.15) is 0 Å². The number of fused-ring (bicyclic) bond motifs is 1. The standard InChI is InChI=1S/C12H12N2O2S/c1-7-3-2-4-8-9(7)11(16)14(10(8)15)12-13-5-6-17-12/h2-3,5-9H,4H2,1H3/t7-,8-,9-/m1/s1. The highest BCUT2D eigenvalue weighted by atomic mass is 32.1. The highest BCUT2D eigenvalue weighted by molar-refractivity contribution is 7.14. The van der Waals surface area contributed by atoms with Crippen molar-refractivity contribution in [3.8, 4) is 0 Å². The fourth-order valence-corrected chi connectivity index (χ4v) is 3.31. The van der Waals surface area contributed by atoms with E-state index in [0.717, 1.165) is 0 Å². The molecule has 2 amide bonds. The number of anilines is 1.